The van der Waals surface area contributed by atoms with Crippen LogP contribution in [0.1, 0.15) is 27.2 Å². The van der Waals surface area contributed by atoms with Crippen LogP contribution in [0.4, 0.5) is 15.3 Å². The topological polar surface area (TPSA) is 70.2 Å². The number of piperazine rings is 1. The number of rotatable bonds is 1. The Bertz CT molecular complexity index is 742. The number of nitrogens with zero attached hydrogens (tertiary/aromatic N) is 3. The summed E-state index contributed by atoms with van der Waals surface area (Å²) in [7, 11) is 0. The second-order valence-corrected chi connectivity index (χ2v) is 7.73. The highest BCUT2D eigenvalue weighted by Crippen LogP contribution is 2.42. The lowest BCUT2D eigenvalue weighted by Gasteiger charge is -2.35. The Hall–Kier alpha value is -2.57. The van der Waals surface area contributed by atoms with E-state index in [9.17, 15) is 14.4 Å². The van der Waals surface area contributed by atoms with Gasteiger partial charge in [-0.2, -0.15) is 0 Å². The Morgan fingerprint density at radius 3 is 2.48 bits per heavy atom. The van der Waals surface area contributed by atoms with Crippen LogP contribution in [0.15, 0.2) is 30.3 Å². The van der Waals surface area contributed by atoms with Crippen molar-refractivity contribution in [1.82, 2.24) is 9.80 Å². The number of carbonyl (C=O) groups excluding carboxylic acids is 3. The molecule has 3 saturated heterocycles. The number of imide groups is 1. The first-order valence-corrected chi connectivity index (χ1v) is 8.49. The molecule has 3 fully saturated rings. The average Bonchev–Trinajstić information content (AvgIpc) is 3.18. The van der Waals surface area contributed by atoms with E-state index in [2.05, 4.69) is 0 Å². The zero-order valence-electron chi connectivity index (χ0n) is 14.5. The van der Waals surface area contributed by atoms with Gasteiger partial charge >= 0.3 is 12.1 Å². The lowest BCUT2D eigenvalue weighted by molar-refractivity contribution is -0.121. The summed E-state index contributed by atoms with van der Waals surface area (Å²) < 4.78 is 5.45. The number of urea groups is 1. The number of anilines is 1. The van der Waals surface area contributed by atoms with Crippen LogP contribution in [0.3, 0.4) is 0 Å². The van der Waals surface area contributed by atoms with Crippen molar-refractivity contribution >= 4 is 23.7 Å². The summed E-state index contributed by atoms with van der Waals surface area (Å²) in [5.74, 6) is -0.267. The van der Waals surface area contributed by atoms with Crippen LogP contribution >= 0.6 is 0 Å². The summed E-state index contributed by atoms with van der Waals surface area (Å²) in [6.07, 6.45) is 0.211. The molecule has 0 N–H and O–H groups in total. The second kappa shape index (κ2) is 5.21. The first-order chi connectivity index (χ1) is 11.8. The van der Waals surface area contributed by atoms with Gasteiger partial charge in [-0.25, -0.2) is 14.5 Å². The van der Waals surface area contributed by atoms with E-state index in [1.807, 2.05) is 26.8 Å². The molecule has 7 heteroatoms. The van der Waals surface area contributed by atoms with Gasteiger partial charge in [0.2, 0.25) is 0 Å². The van der Waals surface area contributed by atoms with E-state index in [4.69, 9.17) is 4.74 Å². The lowest BCUT2D eigenvalue weighted by atomic mass is 10.1. The molecule has 7 nitrogen and oxygen atoms in total. The monoisotopic (exact) mass is 343 g/mol. The minimum atomic E-state index is -0.612. The van der Waals surface area contributed by atoms with Crippen LogP contribution in [-0.4, -0.2) is 58.1 Å². The Morgan fingerprint density at radius 1 is 1.16 bits per heavy atom. The molecule has 3 heterocycles. The van der Waals surface area contributed by atoms with Gasteiger partial charge in [0.05, 0.1) is 17.8 Å². The van der Waals surface area contributed by atoms with Crippen LogP contribution < -0.4 is 4.90 Å². The molecule has 0 aromatic heterocycles. The fourth-order valence-electron chi connectivity index (χ4n) is 4.00. The normalized spacial score (nSPS) is 28.0. The van der Waals surface area contributed by atoms with Crippen molar-refractivity contribution in [2.24, 2.45) is 0 Å². The summed E-state index contributed by atoms with van der Waals surface area (Å²) in [4.78, 5) is 42.6. The molecule has 0 spiro atoms. The molecule has 4 amide bonds. The Labute approximate surface area is 146 Å². The number of hydrogen-bond donors (Lipinski definition) is 0. The van der Waals surface area contributed by atoms with Gasteiger partial charge in [0.1, 0.15) is 11.6 Å². The molecule has 3 aliphatic heterocycles. The highest BCUT2D eigenvalue weighted by molar-refractivity contribution is 6.22. The molecule has 2 bridgehead atoms. The van der Waals surface area contributed by atoms with E-state index in [1.54, 1.807) is 34.1 Å². The number of para-hydroxylation sites is 1. The van der Waals surface area contributed by atoms with Gasteiger partial charge in [-0.05, 0) is 39.3 Å². The van der Waals surface area contributed by atoms with Crippen LogP contribution in [0.5, 0.6) is 0 Å². The van der Waals surface area contributed by atoms with Gasteiger partial charge < -0.3 is 14.5 Å². The summed E-state index contributed by atoms with van der Waals surface area (Å²) in [5, 5.41) is 0. The molecule has 25 heavy (non-hydrogen) atoms. The Kier molecular flexibility index (Phi) is 3.32. The maximum atomic E-state index is 12.9. The Balaban J connectivity index is 1.60. The summed E-state index contributed by atoms with van der Waals surface area (Å²) in [5.41, 5.74) is -0.0281. The minimum Gasteiger partial charge on any atom is -0.444 e. The van der Waals surface area contributed by atoms with E-state index >= 15 is 0 Å². The molecule has 1 aromatic carbocycles. The van der Waals surface area contributed by atoms with Crippen LogP contribution in [-0.2, 0) is 9.53 Å². The minimum absolute atomic E-state index is 0.132. The van der Waals surface area contributed by atoms with E-state index in [-0.39, 0.29) is 24.0 Å². The molecular formula is C18H21N3O4. The van der Waals surface area contributed by atoms with Gasteiger partial charge in [-0.1, -0.05) is 18.2 Å². The van der Waals surface area contributed by atoms with Gasteiger partial charge in [0, 0.05) is 6.54 Å². The molecule has 0 saturated carbocycles. The maximum absolute atomic E-state index is 12.9. The van der Waals surface area contributed by atoms with E-state index < -0.39 is 17.7 Å². The fourth-order valence-corrected chi connectivity index (χ4v) is 4.00. The molecule has 1 aromatic rings. The lowest BCUT2D eigenvalue weighted by Crippen LogP contribution is -2.55. The fraction of sp³-hybridized carbons (Fsp3) is 0.500. The smallest absolute Gasteiger partial charge is 0.410 e. The van der Waals surface area contributed by atoms with Crippen molar-refractivity contribution in [2.45, 2.75) is 50.9 Å². The van der Waals surface area contributed by atoms with Crippen molar-refractivity contribution in [3.05, 3.63) is 30.3 Å². The number of hydrogen-bond acceptors (Lipinski definition) is 4. The largest absolute Gasteiger partial charge is 0.444 e. The third-order valence-corrected chi connectivity index (χ3v) is 4.91. The zero-order valence-corrected chi connectivity index (χ0v) is 14.5. The van der Waals surface area contributed by atoms with Crippen LogP contribution in [0.2, 0.25) is 0 Å². The number of ether oxygens (including phenoxy) is 1. The summed E-state index contributed by atoms with van der Waals surface area (Å²) >= 11 is 0. The third kappa shape index (κ3) is 2.37. The molecule has 3 atom stereocenters. The van der Waals surface area contributed by atoms with Gasteiger partial charge in [-0.3, -0.25) is 4.79 Å². The highest BCUT2D eigenvalue weighted by atomic mass is 16.6. The average molecular weight is 343 g/mol. The van der Waals surface area contributed by atoms with Gasteiger partial charge in [-0.15, -0.1) is 0 Å². The molecule has 0 aliphatic carbocycles. The number of fused-ring (bicyclic) bond motifs is 5. The van der Waals surface area contributed by atoms with Crippen molar-refractivity contribution in [3.8, 4) is 0 Å². The highest BCUT2D eigenvalue weighted by Gasteiger charge is 2.63. The summed E-state index contributed by atoms with van der Waals surface area (Å²) in [6.45, 7) is 5.85. The van der Waals surface area contributed by atoms with Crippen molar-refractivity contribution in [2.75, 3.05) is 11.4 Å². The molecule has 0 radical (unpaired) electrons. The molecule has 4 rings (SSSR count). The van der Waals surface area contributed by atoms with E-state index in [0.29, 0.717) is 18.7 Å². The maximum Gasteiger partial charge on any atom is 0.410 e. The molecule has 2 unspecified atom stereocenters. The van der Waals surface area contributed by atoms with Crippen LogP contribution in [0, 0.1) is 0 Å². The first kappa shape index (κ1) is 15.9. The van der Waals surface area contributed by atoms with Crippen molar-refractivity contribution < 1.29 is 19.1 Å². The zero-order chi connectivity index (χ0) is 17.9. The number of amides is 4. The standard InChI is InChI=1S/C18H21N3O4/c1-18(2,3)25-17(24)19-10-12-9-13(19)14-15(22)21(16(23)20(12)14)11-7-5-4-6-8-11/h4-8,12-14H,9-10H2,1-3H3/t12-,13?,14?/m1/s1. The SMILES string of the molecule is CC(C)(C)OC(=O)N1C[C@H]2CC1C1C(=O)N(c3ccccc3)C(=O)N12. The van der Waals surface area contributed by atoms with E-state index in [0.717, 1.165) is 0 Å². The number of likely N-dealkylation sites (tertiary alicyclic amines) is 1. The summed E-state index contributed by atoms with van der Waals surface area (Å²) in [6, 6.07) is 7.55. The van der Waals surface area contributed by atoms with Gasteiger partial charge in [0.25, 0.3) is 5.91 Å². The molecular weight excluding hydrogens is 322 g/mol. The van der Waals surface area contributed by atoms with Crippen LogP contribution in [0.25, 0.3) is 0 Å². The predicted octanol–water partition coefficient (Wildman–Crippen LogP) is 2.22. The number of benzene rings is 1. The quantitative estimate of drug-likeness (QED) is 0.733. The second-order valence-electron chi connectivity index (χ2n) is 7.73. The number of carbonyl (C=O) groups is 3. The van der Waals surface area contributed by atoms with Crippen molar-refractivity contribution in [3.63, 3.8) is 0 Å². The molecule has 3 aliphatic rings. The first-order valence-electron chi connectivity index (χ1n) is 8.49. The van der Waals surface area contributed by atoms with Crippen molar-refractivity contribution in [1.29, 1.82) is 0 Å². The predicted molar refractivity (Wildman–Crippen MR) is 90.1 cm³/mol. The Morgan fingerprint density at radius 2 is 1.84 bits per heavy atom. The molecule has 132 valence electrons. The third-order valence-electron chi connectivity index (χ3n) is 4.91. The van der Waals surface area contributed by atoms with E-state index in [1.165, 1.54) is 4.90 Å². The van der Waals surface area contributed by atoms with Gasteiger partial charge in [0.15, 0.2) is 0 Å².